The predicted octanol–water partition coefficient (Wildman–Crippen LogP) is 4.81. The van der Waals surface area contributed by atoms with Crippen LogP contribution < -0.4 is 5.32 Å². The van der Waals surface area contributed by atoms with E-state index in [2.05, 4.69) is 15.5 Å². The van der Waals surface area contributed by atoms with Crippen LogP contribution in [0.15, 0.2) is 17.5 Å². The van der Waals surface area contributed by atoms with Gasteiger partial charge in [0.2, 0.25) is 11.0 Å². The van der Waals surface area contributed by atoms with E-state index in [1.54, 1.807) is 11.3 Å². The number of hydrogen-bond donors (Lipinski definition) is 1. The van der Waals surface area contributed by atoms with Crippen molar-refractivity contribution in [3.05, 3.63) is 17.5 Å². The molecular weight excluding hydrogens is 338 g/mol. The van der Waals surface area contributed by atoms with Crippen molar-refractivity contribution in [1.82, 2.24) is 10.2 Å². The highest BCUT2D eigenvalue weighted by atomic mass is 32.1. The molecule has 0 saturated heterocycles. The van der Waals surface area contributed by atoms with Gasteiger partial charge in [-0.25, -0.2) is 0 Å². The predicted molar refractivity (Wildman–Crippen MR) is 97.1 cm³/mol. The molecule has 0 aromatic carbocycles. The van der Waals surface area contributed by atoms with Crippen LogP contribution in [0.5, 0.6) is 0 Å². The van der Waals surface area contributed by atoms with Crippen LogP contribution in [0.25, 0.3) is 9.88 Å². The third kappa shape index (κ3) is 2.69. The van der Waals surface area contributed by atoms with Gasteiger partial charge in [0.25, 0.3) is 0 Å². The maximum Gasteiger partial charge on any atom is 0.226 e. The molecule has 24 heavy (non-hydrogen) atoms. The van der Waals surface area contributed by atoms with Gasteiger partial charge in [-0.2, -0.15) is 0 Å². The Bertz CT molecular complexity index is 717. The summed E-state index contributed by atoms with van der Waals surface area (Å²) in [4.78, 5) is 13.7. The molecule has 2 heterocycles. The first kappa shape index (κ1) is 15.0. The van der Waals surface area contributed by atoms with Gasteiger partial charge in [0.05, 0.1) is 4.88 Å². The molecule has 4 aliphatic rings. The molecule has 1 amide bonds. The Morgan fingerprint density at radius 3 is 2.50 bits per heavy atom. The summed E-state index contributed by atoms with van der Waals surface area (Å²) in [5.41, 5.74) is 0.278. The van der Waals surface area contributed by atoms with Crippen molar-refractivity contribution in [3.63, 3.8) is 0 Å². The largest absolute Gasteiger partial charge is 0.301 e. The molecule has 0 spiro atoms. The van der Waals surface area contributed by atoms with Gasteiger partial charge in [-0.1, -0.05) is 17.4 Å². The van der Waals surface area contributed by atoms with Crippen molar-refractivity contribution >= 4 is 33.7 Å². The topological polar surface area (TPSA) is 54.9 Å². The monoisotopic (exact) mass is 359 g/mol. The molecule has 0 unspecified atom stereocenters. The van der Waals surface area contributed by atoms with Gasteiger partial charge >= 0.3 is 0 Å². The van der Waals surface area contributed by atoms with Crippen LogP contribution in [0.4, 0.5) is 5.13 Å². The van der Waals surface area contributed by atoms with Crippen LogP contribution in [0.3, 0.4) is 0 Å². The summed E-state index contributed by atoms with van der Waals surface area (Å²) in [5.74, 6) is 2.79. The Morgan fingerprint density at radius 1 is 1.17 bits per heavy atom. The van der Waals surface area contributed by atoms with E-state index in [-0.39, 0.29) is 11.3 Å². The molecule has 4 fully saturated rings. The maximum atomic E-state index is 12.6. The van der Waals surface area contributed by atoms with E-state index >= 15 is 0 Å². The number of aromatic nitrogens is 2. The Morgan fingerprint density at radius 2 is 1.88 bits per heavy atom. The summed E-state index contributed by atoms with van der Waals surface area (Å²) in [7, 11) is 0. The van der Waals surface area contributed by atoms with E-state index in [4.69, 9.17) is 0 Å². The number of anilines is 1. The SMILES string of the molecule is O=C(CC12CC3CC(CC(C3)C1)C2)Nc1nnc(-c2cccs2)s1. The zero-order valence-corrected chi connectivity index (χ0v) is 15.2. The number of carbonyl (C=O) groups excluding carboxylic acids is 1. The molecule has 0 atom stereocenters. The summed E-state index contributed by atoms with van der Waals surface area (Å²) >= 11 is 3.12. The van der Waals surface area contributed by atoms with Crippen molar-refractivity contribution in [2.24, 2.45) is 23.2 Å². The van der Waals surface area contributed by atoms with E-state index in [1.807, 2.05) is 17.5 Å². The summed E-state index contributed by atoms with van der Waals surface area (Å²) in [6.07, 6.45) is 8.73. The molecule has 4 saturated carbocycles. The lowest BCUT2D eigenvalue weighted by Crippen LogP contribution is -2.47. The third-order valence-electron chi connectivity index (χ3n) is 6.10. The van der Waals surface area contributed by atoms with Crippen molar-refractivity contribution in [2.75, 3.05) is 5.32 Å². The number of amides is 1. The Balaban J connectivity index is 1.26. The average Bonchev–Trinajstić information content (AvgIpc) is 3.15. The minimum Gasteiger partial charge on any atom is -0.301 e. The van der Waals surface area contributed by atoms with Crippen LogP contribution in [-0.2, 0) is 4.79 Å². The van der Waals surface area contributed by atoms with Crippen LogP contribution >= 0.6 is 22.7 Å². The first-order chi connectivity index (χ1) is 11.7. The zero-order chi connectivity index (χ0) is 16.1. The number of nitrogens with one attached hydrogen (secondary N) is 1. The number of nitrogens with zero attached hydrogens (tertiary/aromatic N) is 2. The van der Waals surface area contributed by atoms with Crippen LogP contribution in [-0.4, -0.2) is 16.1 Å². The Kier molecular flexibility index (Phi) is 3.52. The van der Waals surface area contributed by atoms with Crippen molar-refractivity contribution in [1.29, 1.82) is 0 Å². The Labute approximate surface area is 149 Å². The molecule has 0 aliphatic heterocycles. The molecule has 4 aliphatic carbocycles. The van der Waals surface area contributed by atoms with Gasteiger partial charge in [0.15, 0.2) is 5.01 Å². The zero-order valence-electron chi connectivity index (χ0n) is 13.5. The highest BCUT2D eigenvalue weighted by Crippen LogP contribution is 2.61. The van der Waals surface area contributed by atoms with E-state index in [0.717, 1.165) is 27.6 Å². The number of hydrogen-bond acceptors (Lipinski definition) is 5. The number of carbonyl (C=O) groups is 1. The first-order valence-electron chi connectivity index (χ1n) is 8.85. The summed E-state index contributed by atoms with van der Waals surface area (Å²) in [6, 6.07) is 4.04. The standard InChI is InChI=1S/C18H21N3OS2/c22-15(19-17-21-20-16(24-17)14-2-1-3-23-14)10-18-7-11-4-12(8-18)6-13(5-11)9-18/h1-3,11-13H,4-10H2,(H,19,21,22). The third-order valence-corrected chi connectivity index (χ3v) is 7.98. The lowest BCUT2D eigenvalue weighted by atomic mass is 9.49. The fourth-order valence-electron chi connectivity index (χ4n) is 5.78. The van der Waals surface area contributed by atoms with E-state index in [1.165, 1.54) is 49.9 Å². The Hall–Kier alpha value is -1.27. The van der Waals surface area contributed by atoms with E-state index in [0.29, 0.717) is 11.6 Å². The average molecular weight is 360 g/mol. The minimum atomic E-state index is 0.130. The van der Waals surface area contributed by atoms with Gasteiger partial charge < -0.3 is 5.32 Å². The van der Waals surface area contributed by atoms with Crippen LogP contribution in [0, 0.1) is 23.2 Å². The highest BCUT2D eigenvalue weighted by molar-refractivity contribution is 7.23. The minimum absolute atomic E-state index is 0.130. The lowest BCUT2D eigenvalue weighted by Gasteiger charge is -2.56. The van der Waals surface area contributed by atoms with Gasteiger partial charge in [0, 0.05) is 6.42 Å². The molecule has 1 N–H and O–H groups in total. The summed E-state index contributed by atoms with van der Waals surface area (Å²) in [5, 5.41) is 14.9. The molecule has 4 bridgehead atoms. The second-order valence-corrected chi connectivity index (χ2v) is 9.96. The molecule has 2 aromatic heterocycles. The van der Waals surface area contributed by atoms with Crippen LogP contribution in [0.2, 0.25) is 0 Å². The normalized spacial score (nSPS) is 33.8. The van der Waals surface area contributed by atoms with Gasteiger partial charge in [0.1, 0.15) is 0 Å². The van der Waals surface area contributed by atoms with Crippen molar-refractivity contribution < 1.29 is 4.79 Å². The summed E-state index contributed by atoms with van der Waals surface area (Å²) < 4.78 is 0. The smallest absolute Gasteiger partial charge is 0.226 e. The fourth-order valence-corrected chi connectivity index (χ4v) is 7.34. The molecule has 6 heteroatoms. The van der Waals surface area contributed by atoms with Gasteiger partial charge in [-0.05, 0) is 73.1 Å². The van der Waals surface area contributed by atoms with Crippen molar-refractivity contribution in [2.45, 2.75) is 44.9 Å². The highest BCUT2D eigenvalue weighted by Gasteiger charge is 2.51. The molecule has 0 radical (unpaired) electrons. The number of thiophene rings is 1. The molecule has 2 aromatic rings. The lowest BCUT2D eigenvalue weighted by molar-refractivity contribution is -0.124. The van der Waals surface area contributed by atoms with E-state index < -0.39 is 0 Å². The van der Waals surface area contributed by atoms with E-state index in [9.17, 15) is 4.79 Å². The van der Waals surface area contributed by atoms with Gasteiger partial charge in [-0.15, -0.1) is 21.5 Å². The maximum absolute atomic E-state index is 12.6. The first-order valence-corrected chi connectivity index (χ1v) is 10.5. The molecular formula is C18H21N3OS2. The quantitative estimate of drug-likeness (QED) is 0.852. The molecule has 4 nitrogen and oxygen atoms in total. The fraction of sp³-hybridized carbons (Fsp3) is 0.611. The molecule has 126 valence electrons. The van der Waals surface area contributed by atoms with Crippen LogP contribution in [0.1, 0.15) is 44.9 Å². The summed E-state index contributed by atoms with van der Waals surface area (Å²) in [6.45, 7) is 0. The second-order valence-electron chi connectivity index (χ2n) is 8.03. The van der Waals surface area contributed by atoms with Gasteiger partial charge in [-0.3, -0.25) is 4.79 Å². The molecule has 6 rings (SSSR count). The number of rotatable bonds is 4. The van der Waals surface area contributed by atoms with Crippen molar-refractivity contribution in [3.8, 4) is 9.88 Å². The second kappa shape index (κ2) is 5.63.